The highest BCUT2D eigenvalue weighted by Gasteiger charge is 1.98. The zero-order valence-electron chi connectivity index (χ0n) is 6.13. The molecule has 1 aromatic heterocycles. The summed E-state index contributed by atoms with van der Waals surface area (Å²) < 4.78 is 0. The molecule has 1 heterocycles. The maximum atomic E-state index is 5.39. The molecule has 2 radical (unpaired) electrons. The molecule has 0 saturated heterocycles. The first-order valence-electron chi connectivity index (χ1n) is 3.11. The lowest BCUT2D eigenvalue weighted by Gasteiger charge is -1.98. The Labute approximate surface area is 61.3 Å². The summed E-state index contributed by atoms with van der Waals surface area (Å²) in [5, 5.41) is 7.63. The molecule has 0 fully saturated rings. The normalized spacial score (nSPS) is 9.80. The van der Waals surface area contributed by atoms with E-state index in [2.05, 4.69) is 15.2 Å². The molecule has 0 unspecified atom stereocenters. The van der Waals surface area contributed by atoms with Crippen molar-refractivity contribution in [2.75, 3.05) is 0 Å². The summed E-state index contributed by atoms with van der Waals surface area (Å²) in [6.07, 6.45) is 0.433. The van der Waals surface area contributed by atoms with Crippen LogP contribution < -0.4 is 0 Å². The Kier molecular flexibility index (Phi) is 1.99. The summed E-state index contributed by atoms with van der Waals surface area (Å²) in [5.41, 5.74) is 1.64. The third kappa shape index (κ3) is 1.32. The van der Waals surface area contributed by atoms with Crippen LogP contribution in [0.15, 0.2) is 0 Å². The Morgan fingerprint density at radius 1 is 1.30 bits per heavy atom. The van der Waals surface area contributed by atoms with E-state index in [1.54, 1.807) is 6.92 Å². The zero-order chi connectivity index (χ0) is 7.56. The van der Waals surface area contributed by atoms with E-state index in [4.69, 9.17) is 7.85 Å². The Morgan fingerprint density at radius 3 is 2.50 bits per heavy atom. The van der Waals surface area contributed by atoms with Gasteiger partial charge < -0.3 is 0 Å². The maximum absolute atomic E-state index is 5.39. The fourth-order valence-corrected chi connectivity index (χ4v) is 0.697. The van der Waals surface area contributed by atoms with E-state index < -0.39 is 0 Å². The SMILES string of the molecule is [B]Cc1nc(C)nnc1C. The van der Waals surface area contributed by atoms with E-state index >= 15 is 0 Å². The van der Waals surface area contributed by atoms with Gasteiger partial charge in [0, 0.05) is 0 Å². The van der Waals surface area contributed by atoms with E-state index in [9.17, 15) is 0 Å². The van der Waals surface area contributed by atoms with E-state index in [0.717, 1.165) is 11.4 Å². The summed E-state index contributed by atoms with van der Waals surface area (Å²) in [6, 6.07) is 0. The van der Waals surface area contributed by atoms with E-state index in [-0.39, 0.29) is 0 Å². The molecule has 0 aliphatic rings. The number of aromatic nitrogens is 3. The van der Waals surface area contributed by atoms with Crippen molar-refractivity contribution in [2.24, 2.45) is 0 Å². The minimum atomic E-state index is 0.433. The second kappa shape index (κ2) is 2.77. The quantitative estimate of drug-likeness (QED) is 0.512. The number of hydrogen-bond donors (Lipinski definition) is 0. The van der Waals surface area contributed by atoms with Crippen molar-refractivity contribution in [3.63, 3.8) is 0 Å². The smallest absolute Gasteiger partial charge is 0.148 e. The molecule has 0 bridgehead atoms. The Balaban J connectivity index is 3.09. The average molecular weight is 133 g/mol. The highest BCUT2D eigenvalue weighted by Crippen LogP contribution is 1.97. The highest BCUT2D eigenvalue weighted by molar-refractivity contribution is 6.08. The Bertz CT molecular complexity index is 236. The van der Waals surface area contributed by atoms with Gasteiger partial charge in [0.05, 0.1) is 19.2 Å². The van der Waals surface area contributed by atoms with Gasteiger partial charge in [-0.2, -0.15) is 5.10 Å². The fourth-order valence-electron chi connectivity index (χ4n) is 0.697. The van der Waals surface area contributed by atoms with Crippen LogP contribution in [0.4, 0.5) is 0 Å². The van der Waals surface area contributed by atoms with Crippen LogP contribution in [0.1, 0.15) is 17.2 Å². The largest absolute Gasteiger partial charge is 0.235 e. The molecular formula is C6H8BN3. The number of rotatable bonds is 1. The molecule has 0 saturated carbocycles. The van der Waals surface area contributed by atoms with Gasteiger partial charge in [-0.05, 0) is 20.2 Å². The number of hydrogen-bond acceptors (Lipinski definition) is 3. The minimum absolute atomic E-state index is 0.433. The Morgan fingerprint density at radius 2 is 2.00 bits per heavy atom. The predicted molar refractivity (Wildman–Crippen MR) is 38.8 cm³/mol. The molecule has 0 atom stereocenters. The third-order valence-corrected chi connectivity index (χ3v) is 1.25. The second-order valence-electron chi connectivity index (χ2n) is 2.10. The number of nitrogens with zero attached hydrogens (tertiary/aromatic N) is 3. The van der Waals surface area contributed by atoms with Gasteiger partial charge in [0.15, 0.2) is 0 Å². The van der Waals surface area contributed by atoms with Crippen molar-refractivity contribution in [2.45, 2.75) is 20.2 Å². The van der Waals surface area contributed by atoms with Crippen LogP contribution in [0, 0.1) is 13.8 Å². The molecule has 0 N–H and O–H groups in total. The van der Waals surface area contributed by atoms with Crippen LogP contribution in [-0.2, 0) is 6.32 Å². The van der Waals surface area contributed by atoms with Crippen LogP contribution in [0.25, 0.3) is 0 Å². The van der Waals surface area contributed by atoms with Crippen LogP contribution in [0.3, 0.4) is 0 Å². The number of aryl methyl sites for hydroxylation is 2. The molecule has 0 aliphatic heterocycles. The molecule has 0 aliphatic carbocycles. The molecule has 0 spiro atoms. The van der Waals surface area contributed by atoms with Crippen LogP contribution in [-0.4, -0.2) is 23.0 Å². The van der Waals surface area contributed by atoms with Gasteiger partial charge in [0.25, 0.3) is 0 Å². The third-order valence-electron chi connectivity index (χ3n) is 1.25. The van der Waals surface area contributed by atoms with Crippen molar-refractivity contribution >= 4 is 7.85 Å². The maximum Gasteiger partial charge on any atom is 0.148 e. The first-order valence-corrected chi connectivity index (χ1v) is 3.11. The molecule has 50 valence electrons. The molecule has 0 aromatic carbocycles. The Hall–Kier alpha value is -0.925. The van der Waals surface area contributed by atoms with Crippen LogP contribution in [0.5, 0.6) is 0 Å². The highest BCUT2D eigenvalue weighted by atomic mass is 15.2. The molecule has 3 nitrogen and oxygen atoms in total. The van der Waals surface area contributed by atoms with Gasteiger partial charge in [0.1, 0.15) is 5.82 Å². The molecule has 1 rings (SSSR count). The van der Waals surface area contributed by atoms with E-state index in [1.165, 1.54) is 0 Å². The lowest BCUT2D eigenvalue weighted by atomic mass is 10.0. The zero-order valence-corrected chi connectivity index (χ0v) is 6.13. The van der Waals surface area contributed by atoms with Gasteiger partial charge in [-0.1, -0.05) is 0 Å². The molecule has 0 amide bonds. The predicted octanol–water partition coefficient (Wildman–Crippen LogP) is 0.157. The van der Waals surface area contributed by atoms with Gasteiger partial charge in [-0.15, -0.1) is 5.10 Å². The summed E-state index contributed by atoms with van der Waals surface area (Å²) in [4.78, 5) is 4.09. The van der Waals surface area contributed by atoms with Crippen molar-refractivity contribution in [3.8, 4) is 0 Å². The topological polar surface area (TPSA) is 38.7 Å². The lowest BCUT2D eigenvalue weighted by Crippen LogP contribution is -2.02. The summed E-state index contributed by atoms with van der Waals surface area (Å²) in [6.45, 7) is 3.65. The van der Waals surface area contributed by atoms with Crippen molar-refractivity contribution < 1.29 is 0 Å². The molecule has 4 heteroatoms. The van der Waals surface area contributed by atoms with Gasteiger partial charge in [-0.25, -0.2) is 4.98 Å². The first kappa shape index (κ1) is 7.19. The molecule has 1 aromatic rings. The monoisotopic (exact) mass is 133 g/mol. The first-order chi connectivity index (χ1) is 4.74. The minimum Gasteiger partial charge on any atom is -0.235 e. The van der Waals surface area contributed by atoms with Gasteiger partial charge in [0.2, 0.25) is 0 Å². The van der Waals surface area contributed by atoms with Crippen molar-refractivity contribution in [3.05, 3.63) is 17.2 Å². The van der Waals surface area contributed by atoms with Crippen molar-refractivity contribution in [1.82, 2.24) is 15.2 Å². The molecular weight excluding hydrogens is 125 g/mol. The second-order valence-corrected chi connectivity index (χ2v) is 2.10. The van der Waals surface area contributed by atoms with Crippen molar-refractivity contribution in [1.29, 1.82) is 0 Å². The summed E-state index contributed by atoms with van der Waals surface area (Å²) >= 11 is 0. The fraction of sp³-hybridized carbons (Fsp3) is 0.500. The van der Waals surface area contributed by atoms with Gasteiger partial charge in [-0.3, -0.25) is 0 Å². The average Bonchev–Trinajstić information content (AvgIpc) is 1.94. The van der Waals surface area contributed by atoms with E-state index in [1.807, 2.05) is 6.92 Å². The van der Waals surface area contributed by atoms with E-state index in [0.29, 0.717) is 12.1 Å². The van der Waals surface area contributed by atoms with Gasteiger partial charge >= 0.3 is 0 Å². The summed E-state index contributed by atoms with van der Waals surface area (Å²) in [5.74, 6) is 0.672. The summed E-state index contributed by atoms with van der Waals surface area (Å²) in [7, 11) is 5.39. The standard InChI is InChI=1S/C6H8BN3/c1-4-6(3-7)8-5(2)10-9-4/h3H2,1-2H3. The molecule has 10 heavy (non-hydrogen) atoms. The lowest BCUT2D eigenvalue weighted by molar-refractivity contribution is 0.842. The van der Waals surface area contributed by atoms with Crippen LogP contribution >= 0.6 is 0 Å². The van der Waals surface area contributed by atoms with Crippen LogP contribution in [0.2, 0.25) is 0 Å².